The molecule has 0 unspecified atom stereocenters. The molecule has 0 atom stereocenters. The van der Waals surface area contributed by atoms with Gasteiger partial charge in [0.2, 0.25) is 0 Å². The van der Waals surface area contributed by atoms with Crippen LogP contribution in [0.1, 0.15) is 6.42 Å². The van der Waals surface area contributed by atoms with Crippen molar-refractivity contribution in [1.82, 2.24) is 0 Å². The first-order valence-electron chi connectivity index (χ1n) is 3.96. The van der Waals surface area contributed by atoms with E-state index in [0.29, 0.717) is 5.69 Å². The number of benzene rings is 1. The van der Waals surface area contributed by atoms with Gasteiger partial charge in [-0.1, -0.05) is 11.6 Å². The highest BCUT2D eigenvalue weighted by molar-refractivity contribution is 6.33. The lowest BCUT2D eigenvalue weighted by atomic mass is 10.3. The number of rotatable bonds is 3. The first-order valence-corrected chi connectivity index (χ1v) is 4.34. The van der Waals surface area contributed by atoms with Crippen LogP contribution in [0.15, 0.2) is 18.2 Å². The van der Waals surface area contributed by atoms with E-state index >= 15 is 0 Å². The first kappa shape index (κ1) is 11.3. The van der Waals surface area contributed by atoms with Crippen molar-refractivity contribution >= 4 is 29.2 Å². The van der Waals surface area contributed by atoms with Gasteiger partial charge in [0.25, 0.3) is 0 Å². The van der Waals surface area contributed by atoms with Crippen molar-refractivity contribution in [2.24, 2.45) is 0 Å². The number of carbonyl (C=O) groups is 2. The fraction of sp³-hybridized carbons (Fsp3) is 0.111. The van der Waals surface area contributed by atoms with E-state index in [1.165, 1.54) is 18.2 Å². The minimum absolute atomic E-state index is 0.167. The number of nitrogens with two attached hydrogens (primary N) is 1. The molecule has 0 aliphatic rings. The van der Waals surface area contributed by atoms with Crippen molar-refractivity contribution in [3.8, 4) is 5.75 Å². The van der Waals surface area contributed by atoms with Gasteiger partial charge in [-0.15, -0.1) is 0 Å². The highest BCUT2D eigenvalue weighted by atomic mass is 35.5. The van der Waals surface area contributed by atoms with Gasteiger partial charge in [-0.3, -0.25) is 9.59 Å². The monoisotopic (exact) mass is 229 g/mol. The van der Waals surface area contributed by atoms with E-state index in [2.05, 4.69) is 0 Å². The van der Waals surface area contributed by atoms with E-state index in [0.717, 1.165) is 0 Å². The number of aliphatic carboxylic acids is 1. The molecule has 0 saturated heterocycles. The van der Waals surface area contributed by atoms with E-state index in [-0.39, 0.29) is 10.8 Å². The van der Waals surface area contributed by atoms with Crippen molar-refractivity contribution in [3.05, 3.63) is 23.2 Å². The van der Waals surface area contributed by atoms with Crippen LogP contribution in [-0.2, 0) is 9.59 Å². The molecule has 1 rings (SSSR count). The molecule has 0 aliphatic heterocycles. The summed E-state index contributed by atoms with van der Waals surface area (Å²) in [7, 11) is 0. The number of carboxylic acid groups (broad SMARTS) is 1. The van der Waals surface area contributed by atoms with Gasteiger partial charge >= 0.3 is 11.9 Å². The minimum atomic E-state index is -1.25. The third-order valence-electron chi connectivity index (χ3n) is 1.50. The number of carboxylic acids is 1. The fourth-order valence-electron chi connectivity index (χ4n) is 0.862. The van der Waals surface area contributed by atoms with Crippen LogP contribution in [0.4, 0.5) is 5.69 Å². The summed E-state index contributed by atoms with van der Waals surface area (Å²) in [6.07, 6.45) is -0.692. The molecule has 3 N–H and O–H groups in total. The zero-order valence-electron chi connectivity index (χ0n) is 7.57. The maximum Gasteiger partial charge on any atom is 0.322 e. The third kappa shape index (κ3) is 3.47. The van der Waals surface area contributed by atoms with Gasteiger partial charge in [-0.05, 0) is 12.1 Å². The van der Waals surface area contributed by atoms with Gasteiger partial charge in [-0.2, -0.15) is 0 Å². The lowest BCUT2D eigenvalue weighted by molar-refractivity contribution is -0.145. The van der Waals surface area contributed by atoms with Gasteiger partial charge in [0.1, 0.15) is 12.2 Å². The second-order valence-corrected chi connectivity index (χ2v) is 3.14. The lowest BCUT2D eigenvalue weighted by Gasteiger charge is -2.04. The van der Waals surface area contributed by atoms with Crippen LogP contribution in [0, 0.1) is 0 Å². The molecule has 0 amide bonds. The van der Waals surface area contributed by atoms with Crippen molar-refractivity contribution < 1.29 is 19.4 Å². The standard InChI is InChI=1S/C9H8ClNO4/c10-6-3-5(1-2-7(6)11)15-9(14)4-8(12)13/h1-3H,4,11H2,(H,12,13). The van der Waals surface area contributed by atoms with Crippen molar-refractivity contribution in [1.29, 1.82) is 0 Å². The quantitative estimate of drug-likeness (QED) is 0.353. The van der Waals surface area contributed by atoms with Crippen LogP contribution in [0.25, 0.3) is 0 Å². The second kappa shape index (κ2) is 4.65. The zero-order valence-corrected chi connectivity index (χ0v) is 8.32. The van der Waals surface area contributed by atoms with Gasteiger partial charge in [0, 0.05) is 6.07 Å². The van der Waals surface area contributed by atoms with Crippen LogP contribution < -0.4 is 10.5 Å². The zero-order chi connectivity index (χ0) is 11.4. The summed E-state index contributed by atoms with van der Waals surface area (Å²) in [5.74, 6) is -1.94. The Balaban J connectivity index is 2.69. The van der Waals surface area contributed by atoms with E-state index in [1.54, 1.807) is 0 Å². The molecule has 0 bridgehead atoms. The van der Waals surface area contributed by atoms with Crippen molar-refractivity contribution in [2.45, 2.75) is 6.42 Å². The first-order chi connectivity index (χ1) is 6.99. The molecule has 0 spiro atoms. The Morgan fingerprint density at radius 1 is 1.47 bits per heavy atom. The third-order valence-corrected chi connectivity index (χ3v) is 1.83. The minimum Gasteiger partial charge on any atom is -0.481 e. The van der Waals surface area contributed by atoms with Gasteiger partial charge < -0.3 is 15.6 Å². The number of ether oxygens (including phenoxy) is 1. The van der Waals surface area contributed by atoms with Crippen LogP contribution in [0.5, 0.6) is 5.75 Å². The topological polar surface area (TPSA) is 89.6 Å². The van der Waals surface area contributed by atoms with E-state index < -0.39 is 18.4 Å². The van der Waals surface area contributed by atoms with Crippen LogP contribution in [-0.4, -0.2) is 17.0 Å². The summed E-state index contributed by atoms with van der Waals surface area (Å²) in [5, 5.41) is 8.56. The molecular formula is C9H8ClNO4. The molecule has 6 heteroatoms. The molecule has 0 heterocycles. The Morgan fingerprint density at radius 2 is 2.13 bits per heavy atom. The van der Waals surface area contributed by atoms with Gasteiger partial charge in [-0.25, -0.2) is 0 Å². The van der Waals surface area contributed by atoms with E-state index in [1.807, 2.05) is 0 Å². The molecule has 80 valence electrons. The van der Waals surface area contributed by atoms with Crippen LogP contribution in [0.2, 0.25) is 5.02 Å². The molecule has 0 aliphatic carbocycles. The number of esters is 1. The van der Waals surface area contributed by atoms with Crippen molar-refractivity contribution in [2.75, 3.05) is 5.73 Å². The molecule has 0 aromatic heterocycles. The molecule has 1 aromatic carbocycles. The van der Waals surface area contributed by atoms with Crippen LogP contribution >= 0.6 is 11.6 Å². The average Bonchev–Trinajstić information content (AvgIpc) is 2.10. The largest absolute Gasteiger partial charge is 0.481 e. The van der Waals surface area contributed by atoms with Gasteiger partial charge in [0.05, 0.1) is 10.7 Å². The summed E-state index contributed by atoms with van der Waals surface area (Å²) in [4.78, 5) is 21.1. The fourth-order valence-corrected chi connectivity index (χ4v) is 1.03. The number of halogens is 1. The summed E-state index contributed by atoms with van der Waals surface area (Å²) in [6.45, 7) is 0. The normalized spacial score (nSPS) is 9.67. The smallest absolute Gasteiger partial charge is 0.322 e. The number of carbonyl (C=O) groups excluding carboxylic acids is 1. The molecule has 1 aromatic rings. The number of anilines is 1. The molecule has 5 nitrogen and oxygen atoms in total. The Kier molecular flexibility index (Phi) is 3.51. The number of hydrogen-bond donors (Lipinski definition) is 2. The summed E-state index contributed by atoms with van der Waals surface area (Å²) in [5.41, 5.74) is 5.79. The van der Waals surface area contributed by atoms with Crippen LogP contribution in [0.3, 0.4) is 0 Å². The number of hydrogen-bond acceptors (Lipinski definition) is 4. The van der Waals surface area contributed by atoms with E-state index in [4.69, 9.17) is 27.2 Å². The highest BCUT2D eigenvalue weighted by Gasteiger charge is 2.10. The summed E-state index contributed by atoms with van der Waals surface area (Å²) >= 11 is 5.67. The Morgan fingerprint density at radius 3 is 2.67 bits per heavy atom. The molecular weight excluding hydrogens is 222 g/mol. The maximum absolute atomic E-state index is 10.9. The molecule has 0 radical (unpaired) electrons. The Bertz CT molecular complexity index is 405. The number of nitrogen functional groups attached to an aromatic ring is 1. The summed E-state index contributed by atoms with van der Waals surface area (Å²) in [6, 6.07) is 4.24. The maximum atomic E-state index is 10.9. The predicted octanol–water partition coefficient (Wildman–Crippen LogP) is 1.30. The Hall–Kier alpha value is -1.75. The SMILES string of the molecule is Nc1ccc(OC(=O)CC(=O)O)cc1Cl. The second-order valence-electron chi connectivity index (χ2n) is 2.73. The predicted molar refractivity (Wildman–Crippen MR) is 53.8 cm³/mol. The van der Waals surface area contributed by atoms with E-state index in [9.17, 15) is 9.59 Å². The molecule has 15 heavy (non-hydrogen) atoms. The molecule has 0 fully saturated rings. The highest BCUT2D eigenvalue weighted by Crippen LogP contribution is 2.24. The molecule has 0 saturated carbocycles. The average molecular weight is 230 g/mol. The van der Waals surface area contributed by atoms with Gasteiger partial charge in [0.15, 0.2) is 0 Å². The van der Waals surface area contributed by atoms with Crippen molar-refractivity contribution in [3.63, 3.8) is 0 Å². The summed E-state index contributed by atoms with van der Waals surface area (Å²) < 4.78 is 4.70. The Labute approximate surface area is 90.4 Å². The lowest BCUT2D eigenvalue weighted by Crippen LogP contribution is -2.13.